The van der Waals surface area contributed by atoms with Crippen molar-refractivity contribution in [2.75, 3.05) is 7.11 Å². The normalized spacial score (nSPS) is 8.20. The van der Waals surface area contributed by atoms with E-state index in [2.05, 4.69) is 0 Å². The van der Waals surface area contributed by atoms with E-state index in [1.165, 1.54) is 0 Å². The molecule has 1 nitrogen and oxygen atoms in total. The summed E-state index contributed by atoms with van der Waals surface area (Å²) < 4.78 is 4.91. The minimum absolute atomic E-state index is 0. The maximum Gasteiger partial charge on any atom is 0.118 e. The summed E-state index contributed by atoms with van der Waals surface area (Å²) in [5.74, 6) is 0.833. The highest BCUT2D eigenvalue weighted by atomic mass is 127. The number of ether oxygens (including phenoxy) is 1. The van der Waals surface area contributed by atoms with Gasteiger partial charge in [-0.15, -0.1) is 24.0 Å². The van der Waals surface area contributed by atoms with E-state index in [1.807, 2.05) is 12.1 Å². The van der Waals surface area contributed by atoms with Crippen LogP contribution < -0.4 is 4.74 Å². The molecule has 0 fully saturated rings. The van der Waals surface area contributed by atoms with Gasteiger partial charge in [-0.1, -0.05) is 11.6 Å². The minimum atomic E-state index is 0. The molecule has 0 atom stereocenters. The monoisotopic (exact) mass is 270 g/mol. The Labute approximate surface area is 82.4 Å². The van der Waals surface area contributed by atoms with Crippen LogP contribution in [-0.4, -0.2) is 7.11 Å². The molecule has 0 unspecified atom stereocenters. The molecule has 0 heterocycles. The maximum absolute atomic E-state index is 5.61. The van der Waals surface area contributed by atoms with E-state index < -0.39 is 0 Å². The fourth-order valence-electron chi connectivity index (χ4n) is 0.571. The van der Waals surface area contributed by atoms with Gasteiger partial charge in [-0.2, -0.15) is 0 Å². The van der Waals surface area contributed by atoms with Crippen molar-refractivity contribution in [3.05, 3.63) is 29.3 Å². The number of hydrogen-bond donors (Lipinski definition) is 0. The summed E-state index contributed by atoms with van der Waals surface area (Å²) in [7, 11) is 1.63. The van der Waals surface area contributed by atoms with Crippen LogP contribution >= 0.6 is 35.6 Å². The molecule has 0 aliphatic rings. The van der Waals surface area contributed by atoms with Gasteiger partial charge in [0.15, 0.2) is 0 Å². The first-order chi connectivity index (χ1) is 4.33. The molecule has 0 spiro atoms. The van der Waals surface area contributed by atoms with Gasteiger partial charge in [-0.05, 0) is 24.3 Å². The number of halogens is 2. The Morgan fingerprint density at radius 3 is 2.10 bits per heavy atom. The molecule has 0 saturated heterocycles. The van der Waals surface area contributed by atoms with Gasteiger partial charge in [0.05, 0.1) is 7.11 Å². The van der Waals surface area contributed by atoms with Gasteiger partial charge in [-0.25, -0.2) is 0 Å². The van der Waals surface area contributed by atoms with Crippen molar-refractivity contribution < 1.29 is 4.74 Å². The molecule has 0 aliphatic carbocycles. The van der Waals surface area contributed by atoms with Crippen LogP contribution in [0.25, 0.3) is 0 Å². The Hall–Kier alpha value is 0.0400. The number of hydrogen-bond acceptors (Lipinski definition) is 1. The second kappa shape index (κ2) is 4.79. The second-order valence-corrected chi connectivity index (χ2v) is 2.09. The standard InChI is InChI=1S/C7H7ClO.HI/c1-9-7-4-2-6(8)3-5-7;/h2-5H,1H3;1H. The third-order valence-corrected chi connectivity index (χ3v) is 1.30. The average Bonchev–Trinajstić information content (AvgIpc) is 1.90. The molecular formula is C7H8ClIO. The van der Waals surface area contributed by atoms with Crippen LogP contribution in [0.3, 0.4) is 0 Å². The first-order valence-corrected chi connectivity index (χ1v) is 3.00. The largest absolute Gasteiger partial charge is 0.497 e. The second-order valence-electron chi connectivity index (χ2n) is 1.66. The summed E-state index contributed by atoms with van der Waals surface area (Å²) in [6, 6.07) is 7.23. The van der Waals surface area contributed by atoms with Crippen molar-refractivity contribution >= 4 is 35.6 Å². The molecule has 1 aromatic rings. The zero-order chi connectivity index (χ0) is 6.69. The first-order valence-electron chi connectivity index (χ1n) is 2.62. The third kappa shape index (κ3) is 2.75. The molecule has 0 amide bonds. The van der Waals surface area contributed by atoms with Crippen LogP contribution in [0.15, 0.2) is 24.3 Å². The Morgan fingerprint density at radius 1 is 1.20 bits per heavy atom. The van der Waals surface area contributed by atoms with Crippen molar-refractivity contribution in [1.29, 1.82) is 0 Å². The molecule has 3 heteroatoms. The zero-order valence-corrected chi connectivity index (χ0v) is 8.59. The Balaban J connectivity index is 0.000000810. The van der Waals surface area contributed by atoms with Crippen LogP contribution in [0, 0.1) is 0 Å². The van der Waals surface area contributed by atoms with Crippen LogP contribution in [-0.2, 0) is 0 Å². The fourth-order valence-corrected chi connectivity index (χ4v) is 0.697. The predicted molar refractivity (Wildman–Crippen MR) is 53.4 cm³/mol. The molecule has 56 valence electrons. The highest BCUT2D eigenvalue weighted by molar-refractivity contribution is 14.0. The van der Waals surface area contributed by atoms with Gasteiger partial charge in [-0.3, -0.25) is 0 Å². The van der Waals surface area contributed by atoms with E-state index in [9.17, 15) is 0 Å². The van der Waals surface area contributed by atoms with E-state index in [1.54, 1.807) is 19.2 Å². The van der Waals surface area contributed by atoms with Crippen LogP contribution in [0.2, 0.25) is 5.02 Å². The SMILES string of the molecule is COc1ccc(Cl)cc1.I. The molecule has 1 aromatic carbocycles. The van der Waals surface area contributed by atoms with E-state index in [4.69, 9.17) is 16.3 Å². The van der Waals surface area contributed by atoms with Gasteiger partial charge in [0.1, 0.15) is 5.75 Å². The topological polar surface area (TPSA) is 9.23 Å². The summed E-state index contributed by atoms with van der Waals surface area (Å²) >= 11 is 5.61. The summed E-state index contributed by atoms with van der Waals surface area (Å²) in [5, 5.41) is 0.732. The van der Waals surface area contributed by atoms with Gasteiger partial charge < -0.3 is 4.74 Å². The van der Waals surface area contributed by atoms with Crippen molar-refractivity contribution in [3.8, 4) is 5.75 Å². The molecule has 0 saturated carbocycles. The lowest BCUT2D eigenvalue weighted by atomic mass is 10.3. The Kier molecular flexibility index (Phi) is 4.81. The number of benzene rings is 1. The van der Waals surface area contributed by atoms with Crippen LogP contribution in [0.1, 0.15) is 0 Å². The lowest BCUT2D eigenvalue weighted by Gasteiger charge is -1.96. The average molecular weight is 270 g/mol. The molecule has 0 N–H and O–H groups in total. The quantitative estimate of drug-likeness (QED) is 0.713. The van der Waals surface area contributed by atoms with E-state index in [0.29, 0.717) is 0 Å². The van der Waals surface area contributed by atoms with Crippen LogP contribution in [0.5, 0.6) is 5.75 Å². The van der Waals surface area contributed by atoms with Gasteiger partial charge in [0.25, 0.3) is 0 Å². The number of methoxy groups -OCH3 is 1. The third-order valence-electron chi connectivity index (χ3n) is 1.05. The molecule has 10 heavy (non-hydrogen) atoms. The van der Waals surface area contributed by atoms with Gasteiger partial charge in [0, 0.05) is 5.02 Å². The summed E-state index contributed by atoms with van der Waals surface area (Å²) in [4.78, 5) is 0. The Morgan fingerprint density at radius 2 is 1.70 bits per heavy atom. The van der Waals surface area contributed by atoms with Gasteiger partial charge in [0.2, 0.25) is 0 Å². The smallest absolute Gasteiger partial charge is 0.118 e. The zero-order valence-electron chi connectivity index (χ0n) is 5.50. The lowest BCUT2D eigenvalue weighted by molar-refractivity contribution is 0.415. The molecule has 0 aliphatic heterocycles. The fraction of sp³-hybridized carbons (Fsp3) is 0.143. The summed E-state index contributed by atoms with van der Waals surface area (Å²) in [6.07, 6.45) is 0. The number of rotatable bonds is 1. The maximum atomic E-state index is 5.61. The van der Waals surface area contributed by atoms with Crippen LogP contribution in [0.4, 0.5) is 0 Å². The molecule has 0 bridgehead atoms. The molecule has 1 rings (SSSR count). The lowest BCUT2D eigenvalue weighted by Crippen LogP contribution is -1.79. The Bertz CT molecular complexity index is 185. The highest BCUT2D eigenvalue weighted by Gasteiger charge is 1.87. The summed E-state index contributed by atoms with van der Waals surface area (Å²) in [6.45, 7) is 0. The van der Waals surface area contributed by atoms with Crippen molar-refractivity contribution in [1.82, 2.24) is 0 Å². The van der Waals surface area contributed by atoms with Crippen molar-refractivity contribution in [2.45, 2.75) is 0 Å². The van der Waals surface area contributed by atoms with Gasteiger partial charge >= 0.3 is 0 Å². The first kappa shape index (κ1) is 10.0. The van der Waals surface area contributed by atoms with E-state index in [-0.39, 0.29) is 24.0 Å². The highest BCUT2D eigenvalue weighted by Crippen LogP contribution is 2.14. The molecular weight excluding hydrogens is 262 g/mol. The van der Waals surface area contributed by atoms with E-state index >= 15 is 0 Å². The molecule has 0 radical (unpaired) electrons. The minimum Gasteiger partial charge on any atom is -0.497 e. The predicted octanol–water partition coefficient (Wildman–Crippen LogP) is 2.97. The molecule has 0 aromatic heterocycles. The van der Waals surface area contributed by atoms with Crippen molar-refractivity contribution in [3.63, 3.8) is 0 Å². The summed E-state index contributed by atoms with van der Waals surface area (Å²) in [5.41, 5.74) is 0. The van der Waals surface area contributed by atoms with Crippen molar-refractivity contribution in [2.24, 2.45) is 0 Å². The van der Waals surface area contributed by atoms with E-state index in [0.717, 1.165) is 10.8 Å².